The molecular formula is C22H26N2S2. The number of benzene rings is 2. The Kier molecular flexibility index (Phi) is 5.93. The molecule has 0 aromatic heterocycles. The Balaban J connectivity index is 2.07. The summed E-state index contributed by atoms with van der Waals surface area (Å²) in [6, 6.07) is 8.83. The molecule has 0 spiro atoms. The number of thioether (sulfide) groups is 2. The van der Waals surface area contributed by atoms with Gasteiger partial charge in [-0.05, 0) is 63.8 Å². The van der Waals surface area contributed by atoms with Crippen molar-refractivity contribution >= 4 is 45.0 Å². The molecule has 26 heavy (non-hydrogen) atoms. The Morgan fingerprint density at radius 1 is 0.577 bits per heavy atom. The smallest absolute Gasteiger partial charge is 0.129 e. The zero-order valence-electron chi connectivity index (χ0n) is 16.4. The molecule has 0 atom stereocenters. The molecule has 1 aliphatic rings. The maximum atomic E-state index is 5.04. The first-order valence-electron chi connectivity index (χ1n) is 8.94. The maximum absolute atomic E-state index is 5.04. The summed E-state index contributed by atoms with van der Waals surface area (Å²) in [5, 5.41) is 2.10. The van der Waals surface area contributed by atoms with Crippen molar-refractivity contribution in [3.8, 4) is 0 Å². The van der Waals surface area contributed by atoms with Gasteiger partial charge in [-0.15, -0.1) is 23.5 Å². The van der Waals surface area contributed by atoms with Crippen LogP contribution in [0.15, 0.2) is 34.3 Å². The molecule has 1 saturated heterocycles. The molecule has 0 bridgehead atoms. The SMILES string of the molecule is Cc1cc(C)c(/N=C2\SCCS\C2=N/c2c(C)cc(C)cc2C)c(C)c1. The minimum atomic E-state index is 1.05. The van der Waals surface area contributed by atoms with E-state index >= 15 is 0 Å². The first-order chi connectivity index (χ1) is 12.3. The van der Waals surface area contributed by atoms with E-state index in [2.05, 4.69) is 65.8 Å². The topological polar surface area (TPSA) is 24.7 Å². The van der Waals surface area contributed by atoms with Gasteiger partial charge in [0.05, 0.1) is 11.4 Å². The molecule has 0 radical (unpaired) electrons. The normalized spacial score (nSPS) is 17.9. The standard InChI is InChI=1S/C22H26N2S2/c1-13-9-15(3)19(16(4)10-13)23-21-22(26-8-7-25-21)24-20-17(5)11-14(2)12-18(20)6/h9-12H,7-8H2,1-6H3/b23-21-,24-22-. The molecule has 0 amide bonds. The minimum Gasteiger partial charge on any atom is -0.239 e. The van der Waals surface area contributed by atoms with Crippen LogP contribution >= 0.6 is 23.5 Å². The Morgan fingerprint density at radius 2 is 0.885 bits per heavy atom. The highest BCUT2D eigenvalue weighted by molar-refractivity contribution is 8.27. The van der Waals surface area contributed by atoms with E-state index < -0.39 is 0 Å². The number of hydrogen-bond donors (Lipinski definition) is 0. The number of rotatable bonds is 2. The van der Waals surface area contributed by atoms with Crippen molar-refractivity contribution in [1.29, 1.82) is 0 Å². The lowest BCUT2D eigenvalue weighted by Crippen LogP contribution is -2.14. The quantitative estimate of drug-likeness (QED) is 0.572. The fourth-order valence-corrected chi connectivity index (χ4v) is 5.52. The fourth-order valence-electron chi connectivity index (χ4n) is 3.46. The molecule has 4 heteroatoms. The molecule has 136 valence electrons. The van der Waals surface area contributed by atoms with Gasteiger partial charge in [-0.2, -0.15) is 0 Å². The fraction of sp³-hybridized carbons (Fsp3) is 0.364. The number of nitrogens with zero attached hydrogens (tertiary/aromatic N) is 2. The highest BCUT2D eigenvalue weighted by Crippen LogP contribution is 2.33. The summed E-state index contributed by atoms with van der Waals surface area (Å²) in [5.74, 6) is 2.16. The summed E-state index contributed by atoms with van der Waals surface area (Å²) in [4.78, 5) is 10.1. The van der Waals surface area contributed by atoms with Gasteiger partial charge in [0.25, 0.3) is 0 Å². The Morgan fingerprint density at radius 3 is 1.19 bits per heavy atom. The highest BCUT2D eigenvalue weighted by Gasteiger charge is 2.19. The Hall–Kier alpha value is -1.52. The molecule has 0 N–H and O–H groups in total. The van der Waals surface area contributed by atoms with Crippen molar-refractivity contribution in [3.63, 3.8) is 0 Å². The van der Waals surface area contributed by atoms with Crippen molar-refractivity contribution in [1.82, 2.24) is 0 Å². The van der Waals surface area contributed by atoms with Gasteiger partial charge in [-0.1, -0.05) is 35.4 Å². The lowest BCUT2D eigenvalue weighted by molar-refractivity contribution is 1.28. The van der Waals surface area contributed by atoms with E-state index in [0.717, 1.165) is 33.0 Å². The van der Waals surface area contributed by atoms with E-state index in [1.54, 1.807) is 0 Å². The molecule has 1 aliphatic heterocycles. The van der Waals surface area contributed by atoms with Crippen LogP contribution in [0.3, 0.4) is 0 Å². The number of aryl methyl sites for hydroxylation is 6. The molecule has 1 heterocycles. The maximum Gasteiger partial charge on any atom is 0.129 e. The molecule has 1 fully saturated rings. The van der Waals surface area contributed by atoms with Gasteiger partial charge >= 0.3 is 0 Å². The van der Waals surface area contributed by atoms with Crippen LogP contribution in [-0.4, -0.2) is 21.6 Å². The summed E-state index contributed by atoms with van der Waals surface area (Å²) in [6.07, 6.45) is 0. The van der Waals surface area contributed by atoms with Gasteiger partial charge in [-0.3, -0.25) is 0 Å². The second-order valence-corrected chi connectivity index (χ2v) is 9.19. The lowest BCUT2D eigenvalue weighted by Gasteiger charge is -2.17. The molecule has 2 aromatic carbocycles. The first-order valence-corrected chi connectivity index (χ1v) is 10.9. The molecule has 3 rings (SSSR count). The second-order valence-electron chi connectivity index (χ2n) is 7.03. The van der Waals surface area contributed by atoms with Crippen LogP contribution in [0.25, 0.3) is 0 Å². The summed E-state index contributed by atoms with van der Waals surface area (Å²) in [6.45, 7) is 12.8. The van der Waals surface area contributed by atoms with Crippen molar-refractivity contribution in [2.24, 2.45) is 9.98 Å². The van der Waals surface area contributed by atoms with E-state index in [1.807, 2.05) is 23.5 Å². The van der Waals surface area contributed by atoms with E-state index in [1.165, 1.54) is 33.4 Å². The van der Waals surface area contributed by atoms with Crippen LogP contribution in [0.5, 0.6) is 0 Å². The van der Waals surface area contributed by atoms with Crippen molar-refractivity contribution in [2.75, 3.05) is 11.5 Å². The summed E-state index contributed by atoms with van der Waals surface area (Å²) in [7, 11) is 0. The summed E-state index contributed by atoms with van der Waals surface area (Å²) >= 11 is 3.64. The predicted molar refractivity (Wildman–Crippen MR) is 120 cm³/mol. The molecule has 0 aliphatic carbocycles. The third-order valence-electron chi connectivity index (χ3n) is 4.44. The van der Waals surface area contributed by atoms with E-state index in [4.69, 9.17) is 9.98 Å². The Labute approximate surface area is 165 Å². The average molecular weight is 383 g/mol. The number of hydrogen-bond acceptors (Lipinski definition) is 4. The van der Waals surface area contributed by atoms with Crippen molar-refractivity contribution in [2.45, 2.75) is 41.5 Å². The van der Waals surface area contributed by atoms with Gasteiger partial charge in [0.2, 0.25) is 0 Å². The molecule has 2 aromatic rings. The van der Waals surface area contributed by atoms with Crippen LogP contribution in [0, 0.1) is 41.5 Å². The third kappa shape index (κ3) is 4.24. The zero-order valence-corrected chi connectivity index (χ0v) is 18.1. The van der Waals surface area contributed by atoms with Crippen LogP contribution in [-0.2, 0) is 0 Å². The summed E-state index contributed by atoms with van der Waals surface area (Å²) in [5.41, 5.74) is 9.67. The monoisotopic (exact) mass is 382 g/mol. The van der Waals surface area contributed by atoms with Crippen LogP contribution in [0.4, 0.5) is 11.4 Å². The third-order valence-corrected chi connectivity index (χ3v) is 6.76. The predicted octanol–water partition coefficient (Wildman–Crippen LogP) is 6.78. The van der Waals surface area contributed by atoms with Gasteiger partial charge in [0.1, 0.15) is 10.1 Å². The largest absolute Gasteiger partial charge is 0.239 e. The Bertz CT molecular complexity index is 789. The lowest BCUT2D eigenvalue weighted by atomic mass is 10.1. The molecule has 2 nitrogen and oxygen atoms in total. The highest BCUT2D eigenvalue weighted by atomic mass is 32.2. The first kappa shape index (κ1) is 19.2. The van der Waals surface area contributed by atoms with E-state index in [0.29, 0.717) is 0 Å². The summed E-state index contributed by atoms with van der Waals surface area (Å²) < 4.78 is 0. The van der Waals surface area contributed by atoms with E-state index in [-0.39, 0.29) is 0 Å². The molecule has 0 unspecified atom stereocenters. The zero-order chi connectivity index (χ0) is 18.8. The van der Waals surface area contributed by atoms with Gasteiger partial charge < -0.3 is 0 Å². The average Bonchev–Trinajstić information content (AvgIpc) is 2.55. The van der Waals surface area contributed by atoms with Gasteiger partial charge in [-0.25, -0.2) is 9.98 Å². The van der Waals surface area contributed by atoms with Crippen LogP contribution in [0.1, 0.15) is 33.4 Å². The van der Waals surface area contributed by atoms with Crippen LogP contribution in [0.2, 0.25) is 0 Å². The second kappa shape index (κ2) is 8.01. The number of aliphatic imine (C=N–C) groups is 2. The molecule has 0 saturated carbocycles. The van der Waals surface area contributed by atoms with E-state index in [9.17, 15) is 0 Å². The minimum absolute atomic E-state index is 1.05. The van der Waals surface area contributed by atoms with Crippen LogP contribution < -0.4 is 0 Å². The van der Waals surface area contributed by atoms with Crippen molar-refractivity contribution in [3.05, 3.63) is 57.6 Å². The van der Waals surface area contributed by atoms with Gasteiger partial charge in [0, 0.05) is 11.5 Å². The van der Waals surface area contributed by atoms with Gasteiger partial charge in [0.15, 0.2) is 0 Å². The van der Waals surface area contributed by atoms with Crippen molar-refractivity contribution < 1.29 is 0 Å². The molecular weight excluding hydrogens is 356 g/mol.